The van der Waals surface area contributed by atoms with Gasteiger partial charge >= 0.3 is 0 Å². The summed E-state index contributed by atoms with van der Waals surface area (Å²) in [5, 5.41) is 11.9. The number of rotatable bonds is 7. The number of aryl methyl sites for hydroxylation is 1. The molecule has 0 aliphatic rings. The van der Waals surface area contributed by atoms with Crippen molar-refractivity contribution in [3.05, 3.63) is 34.6 Å². The maximum Gasteiger partial charge on any atom is 0.211 e. The number of aliphatic hydroxyl groups is 1. The van der Waals surface area contributed by atoms with Crippen LogP contribution in [-0.2, 0) is 4.79 Å². The van der Waals surface area contributed by atoms with Crippen LogP contribution in [0.4, 0.5) is 10.1 Å². The number of carbonyl (C=O) groups excluding carboxylic acids is 1. The van der Waals surface area contributed by atoms with Gasteiger partial charge in [-0.05, 0) is 36.6 Å². The number of hydrogen-bond donors (Lipinski definition) is 2. The first-order valence-electron chi connectivity index (χ1n) is 7.18. The molecule has 0 heterocycles. The van der Waals surface area contributed by atoms with E-state index < -0.39 is 5.82 Å². The van der Waals surface area contributed by atoms with Crippen LogP contribution in [0.15, 0.2) is 17.7 Å². The standard InChI is InChI=1S/C17H24FNO2/c1-5-6-14(17(3,4)10-20)8-13-9-16(19-11-21)15(18)7-12(13)2/h7-9,11,20H,5-6,10H2,1-4H3,(H,19,21)/b14-8+. The molecule has 1 aromatic carbocycles. The normalized spacial score (nSPS) is 12.4. The van der Waals surface area contributed by atoms with Crippen molar-refractivity contribution in [3.8, 4) is 0 Å². The highest BCUT2D eigenvalue weighted by molar-refractivity contribution is 5.74. The van der Waals surface area contributed by atoms with E-state index in [0.717, 1.165) is 29.5 Å². The lowest BCUT2D eigenvalue weighted by Crippen LogP contribution is -2.19. The van der Waals surface area contributed by atoms with Crippen LogP contribution in [0.2, 0.25) is 0 Å². The Bertz CT molecular complexity index is 536. The quantitative estimate of drug-likeness (QED) is 0.749. The van der Waals surface area contributed by atoms with E-state index in [1.807, 2.05) is 26.8 Å². The summed E-state index contributed by atoms with van der Waals surface area (Å²) in [5.74, 6) is -0.449. The van der Waals surface area contributed by atoms with Gasteiger partial charge in [0.05, 0.1) is 12.3 Å². The average Bonchev–Trinajstić information content (AvgIpc) is 2.43. The topological polar surface area (TPSA) is 49.3 Å². The molecule has 0 atom stereocenters. The Balaban J connectivity index is 3.32. The number of anilines is 1. The van der Waals surface area contributed by atoms with Crippen LogP contribution >= 0.6 is 0 Å². The van der Waals surface area contributed by atoms with Gasteiger partial charge in [0.1, 0.15) is 5.82 Å². The number of hydrogen-bond acceptors (Lipinski definition) is 2. The maximum absolute atomic E-state index is 13.7. The second-order valence-electron chi connectivity index (χ2n) is 5.91. The maximum atomic E-state index is 13.7. The van der Waals surface area contributed by atoms with Gasteiger partial charge in [-0.2, -0.15) is 0 Å². The van der Waals surface area contributed by atoms with Crippen molar-refractivity contribution in [3.63, 3.8) is 0 Å². The largest absolute Gasteiger partial charge is 0.395 e. The highest BCUT2D eigenvalue weighted by atomic mass is 19.1. The van der Waals surface area contributed by atoms with E-state index >= 15 is 0 Å². The minimum absolute atomic E-state index is 0.0541. The van der Waals surface area contributed by atoms with E-state index in [4.69, 9.17) is 0 Å². The monoisotopic (exact) mass is 293 g/mol. The summed E-state index contributed by atoms with van der Waals surface area (Å²) >= 11 is 0. The van der Waals surface area contributed by atoms with Crippen molar-refractivity contribution < 1.29 is 14.3 Å². The van der Waals surface area contributed by atoms with Gasteiger partial charge in [0.2, 0.25) is 6.41 Å². The molecule has 0 aromatic heterocycles. The fourth-order valence-electron chi connectivity index (χ4n) is 2.18. The molecule has 0 bridgehead atoms. The summed E-state index contributed by atoms with van der Waals surface area (Å²) in [7, 11) is 0. The summed E-state index contributed by atoms with van der Waals surface area (Å²) in [4.78, 5) is 10.5. The number of nitrogens with one attached hydrogen (secondary N) is 1. The van der Waals surface area contributed by atoms with Crippen LogP contribution in [0, 0.1) is 18.2 Å². The highest BCUT2D eigenvalue weighted by Gasteiger charge is 2.22. The van der Waals surface area contributed by atoms with E-state index in [9.17, 15) is 14.3 Å². The van der Waals surface area contributed by atoms with Gasteiger partial charge in [-0.15, -0.1) is 0 Å². The van der Waals surface area contributed by atoms with Crippen molar-refractivity contribution in [2.45, 2.75) is 40.5 Å². The lowest BCUT2D eigenvalue weighted by Gasteiger charge is -2.26. The van der Waals surface area contributed by atoms with Gasteiger partial charge < -0.3 is 10.4 Å². The van der Waals surface area contributed by atoms with Crippen molar-refractivity contribution in [2.24, 2.45) is 5.41 Å². The number of carbonyl (C=O) groups is 1. The molecule has 4 heteroatoms. The van der Waals surface area contributed by atoms with Gasteiger partial charge in [-0.25, -0.2) is 4.39 Å². The van der Waals surface area contributed by atoms with Crippen molar-refractivity contribution >= 4 is 18.2 Å². The molecule has 1 aromatic rings. The minimum Gasteiger partial charge on any atom is -0.395 e. The predicted molar refractivity (Wildman–Crippen MR) is 84.6 cm³/mol. The van der Waals surface area contributed by atoms with Gasteiger partial charge in [0, 0.05) is 5.41 Å². The molecule has 0 saturated carbocycles. The molecule has 0 radical (unpaired) electrons. The van der Waals surface area contributed by atoms with Crippen LogP contribution in [0.1, 0.15) is 44.7 Å². The molecule has 2 N–H and O–H groups in total. The molecule has 0 aliphatic heterocycles. The molecule has 3 nitrogen and oxygen atoms in total. The van der Waals surface area contributed by atoms with Crippen LogP contribution in [-0.4, -0.2) is 18.1 Å². The Morgan fingerprint density at radius 3 is 2.62 bits per heavy atom. The van der Waals surface area contributed by atoms with E-state index in [1.165, 1.54) is 6.07 Å². The van der Waals surface area contributed by atoms with Gasteiger partial charge in [0.15, 0.2) is 0 Å². The number of amides is 1. The molecule has 0 saturated heterocycles. The molecule has 1 rings (SSSR count). The average molecular weight is 293 g/mol. The zero-order valence-corrected chi connectivity index (χ0v) is 13.2. The summed E-state index contributed by atoms with van der Waals surface area (Å²) in [6.07, 6.45) is 4.28. The van der Waals surface area contributed by atoms with Crippen LogP contribution in [0.5, 0.6) is 0 Å². The predicted octanol–water partition coefficient (Wildman–Crippen LogP) is 3.90. The first-order chi connectivity index (χ1) is 9.85. The molecule has 116 valence electrons. The first-order valence-corrected chi connectivity index (χ1v) is 7.18. The Kier molecular flexibility index (Phi) is 6.09. The molecule has 21 heavy (non-hydrogen) atoms. The van der Waals surface area contributed by atoms with E-state index in [-0.39, 0.29) is 17.7 Å². The smallest absolute Gasteiger partial charge is 0.211 e. The number of halogens is 1. The third kappa shape index (κ3) is 4.39. The number of benzene rings is 1. The fraction of sp³-hybridized carbons (Fsp3) is 0.471. The van der Waals surface area contributed by atoms with Crippen molar-refractivity contribution in [1.29, 1.82) is 0 Å². The third-order valence-electron chi connectivity index (χ3n) is 3.68. The first kappa shape index (κ1) is 17.4. The highest BCUT2D eigenvalue weighted by Crippen LogP contribution is 2.32. The lowest BCUT2D eigenvalue weighted by atomic mass is 9.81. The number of aliphatic hydroxyl groups excluding tert-OH is 1. The SMILES string of the molecule is CCC/C(=C\c1cc(NC=O)c(F)cc1C)C(C)(C)CO. The van der Waals surface area contributed by atoms with Gasteiger partial charge in [-0.3, -0.25) is 4.79 Å². The molecular weight excluding hydrogens is 269 g/mol. The molecule has 1 amide bonds. The summed E-state index contributed by atoms with van der Waals surface area (Å²) in [6, 6.07) is 3.04. The van der Waals surface area contributed by atoms with Gasteiger partial charge in [0.25, 0.3) is 0 Å². The molecule has 0 spiro atoms. The zero-order chi connectivity index (χ0) is 16.0. The molecule has 0 aliphatic carbocycles. The Hall–Kier alpha value is -1.68. The van der Waals surface area contributed by atoms with Gasteiger partial charge in [-0.1, -0.05) is 38.8 Å². The molecule has 0 unspecified atom stereocenters. The minimum atomic E-state index is -0.449. The Morgan fingerprint density at radius 2 is 2.10 bits per heavy atom. The van der Waals surface area contributed by atoms with Crippen LogP contribution < -0.4 is 5.32 Å². The second kappa shape index (κ2) is 7.36. The van der Waals surface area contributed by atoms with E-state index in [1.54, 1.807) is 6.07 Å². The summed E-state index contributed by atoms with van der Waals surface area (Å²) in [5.41, 5.74) is 2.60. The van der Waals surface area contributed by atoms with Crippen molar-refractivity contribution in [2.75, 3.05) is 11.9 Å². The molecule has 0 fully saturated rings. The second-order valence-corrected chi connectivity index (χ2v) is 5.91. The van der Waals surface area contributed by atoms with Crippen LogP contribution in [0.25, 0.3) is 6.08 Å². The molecular formula is C17H24FNO2. The fourth-order valence-corrected chi connectivity index (χ4v) is 2.18. The Labute approximate surface area is 125 Å². The van der Waals surface area contributed by atoms with E-state index in [0.29, 0.717) is 6.41 Å². The summed E-state index contributed by atoms with van der Waals surface area (Å²) < 4.78 is 13.7. The summed E-state index contributed by atoms with van der Waals surface area (Å²) in [6.45, 7) is 7.93. The third-order valence-corrected chi connectivity index (χ3v) is 3.68. The Morgan fingerprint density at radius 1 is 1.43 bits per heavy atom. The van der Waals surface area contributed by atoms with Crippen LogP contribution in [0.3, 0.4) is 0 Å². The van der Waals surface area contributed by atoms with E-state index in [2.05, 4.69) is 12.2 Å². The zero-order valence-electron chi connectivity index (χ0n) is 13.2. The lowest BCUT2D eigenvalue weighted by molar-refractivity contribution is -0.105. The van der Waals surface area contributed by atoms with Crippen molar-refractivity contribution in [1.82, 2.24) is 0 Å².